The van der Waals surface area contributed by atoms with Gasteiger partial charge in [-0.3, -0.25) is 0 Å². The van der Waals surface area contributed by atoms with Crippen LogP contribution >= 0.6 is 15.9 Å². The van der Waals surface area contributed by atoms with E-state index in [2.05, 4.69) is 25.9 Å². The fourth-order valence-electron chi connectivity index (χ4n) is 2.11. The van der Waals surface area contributed by atoms with Gasteiger partial charge < -0.3 is 10.7 Å². The number of hydrogen-bond donors (Lipinski definition) is 2. The molecule has 3 nitrogen and oxygen atoms in total. The lowest BCUT2D eigenvalue weighted by atomic mass is 9.89. The number of halogens is 1. The lowest BCUT2D eigenvalue weighted by Crippen LogP contribution is -2.06. The predicted octanol–water partition coefficient (Wildman–Crippen LogP) is 2.68. The number of nitrogens with one attached hydrogen (secondary N) is 1. The SMILES string of the molecule is NCc1[nH]c(C2CCCCC2)nc1Br. The Kier molecular flexibility index (Phi) is 3.23. The first kappa shape index (κ1) is 10.2. The fourth-order valence-corrected chi connectivity index (χ4v) is 2.56. The summed E-state index contributed by atoms with van der Waals surface area (Å²) in [6.45, 7) is 0.528. The highest BCUT2D eigenvalue weighted by molar-refractivity contribution is 9.10. The molecule has 14 heavy (non-hydrogen) atoms. The molecule has 0 spiro atoms. The van der Waals surface area contributed by atoms with Gasteiger partial charge >= 0.3 is 0 Å². The van der Waals surface area contributed by atoms with E-state index in [9.17, 15) is 0 Å². The van der Waals surface area contributed by atoms with Gasteiger partial charge in [-0.1, -0.05) is 19.3 Å². The van der Waals surface area contributed by atoms with Crippen molar-refractivity contribution in [2.45, 2.75) is 44.6 Å². The van der Waals surface area contributed by atoms with Crippen molar-refractivity contribution < 1.29 is 0 Å². The summed E-state index contributed by atoms with van der Waals surface area (Å²) in [6, 6.07) is 0. The summed E-state index contributed by atoms with van der Waals surface area (Å²) in [5, 5.41) is 0. The van der Waals surface area contributed by atoms with E-state index in [4.69, 9.17) is 5.73 Å². The number of hydrogen-bond acceptors (Lipinski definition) is 2. The zero-order valence-electron chi connectivity index (χ0n) is 8.22. The molecule has 0 aromatic carbocycles. The summed E-state index contributed by atoms with van der Waals surface area (Å²) in [6.07, 6.45) is 6.58. The summed E-state index contributed by atoms with van der Waals surface area (Å²) in [4.78, 5) is 7.80. The van der Waals surface area contributed by atoms with Crippen LogP contribution in [-0.2, 0) is 6.54 Å². The van der Waals surface area contributed by atoms with Gasteiger partial charge in [0.25, 0.3) is 0 Å². The number of nitrogens with two attached hydrogens (primary N) is 1. The molecule has 1 aromatic heterocycles. The monoisotopic (exact) mass is 257 g/mol. The summed E-state index contributed by atoms with van der Waals surface area (Å²) in [5.74, 6) is 1.75. The smallest absolute Gasteiger partial charge is 0.128 e. The maximum atomic E-state index is 5.59. The molecule has 2 rings (SSSR count). The van der Waals surface area contributed by atoms with Gasteiger partial charge in [-0.05, 0) is 28.8 Å². The van der Waals surface area contributed by atoms with Crippen molar-refractivity contribution in [2.75, 3.05) is 0 Å². The largest absolute Gasteiger partial charge is 0.344 e. The molecule has 1 fully saturated rings. The molecule has 0 aliphatic heterocycles. The molecule has 78 valence electrons. The molecule has 1 heterocycles. The molecule has 0 atom stereocenters. The van der Waals surface area contributed by atoms with E-state index in [0.717, 1.165) is 16.1 Å². The highest BCUT2D eigenvalue weighted by Gasteiger charge is 2.19. The molecule has 0 saturated heterocycles. The first-order valence-electron chi connectivity index (χ1n) is 5.25. The lowest BCUT2D eigenvalue weighted by Gasteiger charge is -2.19. The number of rotatable bonds is 2. The van der Waals surface area contributed by atoms with Crippen molar-refractivity contribution in [1.29, 1.82) is 0 Å². The second-order valence-corrected chi connectivity index (χ2v) is 4.68. The number of H-pyrrole nitrogens is 1. The van der Waals surface area contributed by atoms with Crippen LogP contribution in [0, 0.1) is 0 Å². The molecular formula is C10H16BrN3. The molecule has 0 radical (unpaired) electrons. The molecule has 3 N–H and O–H groups in total. The van der Waals surface area contributed by atoms with E-state index in [1.165, 1.54) is 32.1 Å². The van der Waals surface area contributed by atoms with Gasteiger partial charge in [-0.2, -0.15) is 0 Å². The quantitative estimate of drug-likeness (QED) is 0.856. The average Bonchev–Trinajstić information content (AvgIpc) is 2.61. The number of nitrogens with zero attached hydrogens (tertiary/aromatic N) is 1. The second kappa shape index (κ2) is 4.45. The summed E-state index contributed by atoms with van der Waals surface area (Å²) in [5.41, 5.74) is 6.61. The van der Waals surface area contributed by atoms with Gasteiger partial charge in [0.15, 0.2) is 0 Å². The summed E-state index contributed by atoms with van der Waals surface area (Å²) >= 11 is 3.42. The third-order valence-corrected chi connectivity index (χ3v) is 3.60. The van der Waals surface area contributed by atoms with Crippen LogP contribution in [0.2, 0.25) is 0 Å². The Morgan fingerprint density at radius 2 is 2.07 bits per heavy atom. The van der Waals surface area contributed by atoms with E-state index in [1.54, 1.807) is 0 Å². The molecule has 0 unspecified atom stereocenters. The third-order valence-electron chi connectivity index (χ3n) is 2.94. The average molecular weight is 258 g/mol. The molecule has 0 bridgehead atoms. The van der Waals surface area contributed by atoms with Gasteiger partial charge in [-0.15, -0.1) is 0 Å². The van der Waals surface area contributed by atoms with E-state index >= 15 is 0 Å². The summed E-state index contributed by atoms with van der Waals surface area (Å²) < 4.78 is 0.889. The van der Waals surface area contributed by atoms with Gasteiger partial charge in [0.1, 0.15) is 10.4 Å². The molecule has 1 saturated carbocycles. The molecule has 1 aliphatic rings. The number of aromatic nitrogens is 2. The maximum Gasteiger partial charge on any atom is 0.128 e. The predicted molar refractivity (Wildman–Crippen MR) is 60.0 cm³/mol. The van der Waals surface area contributed by atoms with E-state index < -0.39 is 0 Å². The Balaban J connectivity index is 2.14. The van der Waals surface area contributed by atoms with Crippen LogP contribution in [-0.4, -0.2) is 9.97 Å². The van der Waals surface area contributed by atoms with Gasteiger partial charge in [-0.25, -0.2) is 4.98 Å². The highest BCUT2D eigenvalue weighted by atomic mass is 79.9. The van der Waals surface area contributed by atoms with E-state index in [1.807, 2.05) is 0 Å². The lowest BCUT2D eigenvalue weighted by molar-refractivity contribution is 0.430. The van der Waals surface area contributed by atoms with Crippen molar-refractivity contribution in [3.63, 3.8) is 0 Å². The Labute approximate surface area is 92.6 Å². The number of aromatic amines is 1. The molecular weight excluding hydrogens is 242 g/mol. The Morgan fingerprint density at radius 3 is 2.64 bits per heavy atom. The van der Waals surface area contributed by atoms with Crippen molar-refractivity contribution in [3.05, 3.63) is 16.1 Å². The van der Waals surface area contributed by atoms with Crippen LogP contribution in [0.5, 0.6) is 0 Å². The zero-order chi connectivity index (χ0) is 9.97. The molecule has 1 aromatic rings. The van der Waals surface area contributed by atoms with Crippen LogP contribution in [0.3, 0.4) is 0 Å². The van der Waals surface area contributed by atoms with Gasteiger partial charge in [0.2, 0.25) is 0 Å². The Hall–Kier alpha value is -0.350. The Morgan fingerprint density at radius 1 is 1.36 bits per heavy atom. The topological polar surface area (TPSA) is 54.7 Å². The summed E-state index contributed by atoms with van der Waals surface area (Å²) in [7, 11) is 0. The third kappa shape index (κ3) is 2.01. The molecule has 4 heteroatoms. The minimum Gasteiger partial charge on any atom is -0.344 e. The van der Waals surface area contributed by atoms with Crippen molar-refractivity contribution in [2.24, 2.45) is 5.73 Å². The van der Waals surface area contributed by atoms with Crippen molar-refractivity contribution in [1.82, 2.24) is 9.97 Å². The van der Waals surface area contributed by atoms with E-state index in [-0.39, 0.29) is 0 Å². The zero-order valence-corrected chi connectivity index (χ0v) is 9.81. The highest BCUT2D eigenvalue weighted by Crippen LogP contribution is 2.32. The van der Waals surface area contributed by atoms with Gasteiger partial charge in [0.05, 0.1) is 5.69 Å². The minimum atomic E-state index is 0.528. The number of imidazole rings is 1. The van der Waals surface area contributed by atoms with Crippen LogP contribution in [0.25, 0.3) is 0 Å². The van der Waals surface area contributed by atoms with Crippen LogP contribution in [0.15, 0.2) is 4.60 Å². The van der Waals surface area contributed by atoms with Crippen LogP contribution in [0.1, 0.15) is 49.5 Å². The Bertz CT molecular complexity index is 302. The molecule has 0 amide bonds. The first-order valence-corrected chi connectivity index (χ1v) is 6.05. The second-order valence-electron chi connectivity index (χ2n) is 3.93. The maximum absolute atomic E-state index is 5.59. The van der Waals surface area contributed by atoms with E-state index in [0.29, 0.717) is 12.5 Å². The van der Waals surface area contributed by atoms with Crippen LogP contribution in [0.4, 0.5) is 0 Å². The fraction of sp³-hybridized carbons (Fsp3) is 0.700. The van der Waals surface area contributed by atoms with Crippen LogP contribution < -0.4 is 5.73 Å². The minimum absolute atomic E-state index is 0.528. The first-order chi connectivity index (χ1) is 6.81. The van der Waals surface area contributed by atoms with Crippen molar-refractivity contribution >= 4 is 15.9 Å². The normalized spacial score (nSPS) is 18.7. The standard InChI is InChI=1S/C10H16BrN3/c11-9-8(6-12)13-10(14-9)7-4-2-1-3-5-7/h7H,1-6,12H2,(H,13,14). The van der Waals surface area contributed by atoms with Crippen molar-refractivity contribution in [3.8, 4) is 0 Å². The van der Waals surface area contributed by atoms with Gasteiger partial charge in [0, 0.05) is 12.5 Å². The molecule has 1 aliphatic carbocycles.